The normalized spacial score (nSPS) is 16.9. The van der Waals surface area contributed by atoms with E-state index in [0.717, 1.165) is 47.6 Å². The Morgan fingerprint density at radius 3 is 1.84 bits per heavy atom. The van der Waals surface area contributed by atoms with Gasteiger partial charge in [-0.3, -0.25) is 0 Å². The predicted molar refractivity (Wildman–Crippen MR) is 126 cm³/mol. The summed E-state index contributed by atoms with van der Waals surface area (Å²) >= 11 is 0. The maximum atomic E-state index is 6.92. The highest BCUT2D eigenvalue weighted by atomic mass is 16.5. The van der Waals surface area contributed by atoms with Crippen LogP contribution in [0.25, 0.3) is 0 Å². The molecule has 1 heterocycles. The minimum atomic E-state index is -0.782. The second-order valence-corrected chi connectivity index (χ2v) is 8.16. The number of methoxy groups -OCH3 is 2. The minimum absolute atomic E-state index is 0.0945. The summed E-state index contributed by atoms with van der Waals surface area (Å²) in [6.07, 6.45) is 4.64. The summed E-state index contributed by atoms with van der Waals surface area (Å²) in [5.74, 6) is 1.63. The Bertz CT molecular complexity index is 895. The molecular formula is C28H32O4. The van der Waals surface area contributed by atoms with Crippen LogP contribution in [0.15, 0.2) is 78.9 Å². The summed E-state index contributed by atoms with van der Waals surface area (Å²) < 4.78 is 23.9. The van der Waals surface area contributed by atoms with Gasteiger partial charge in [0.1, 0.15) is 17.1 Å². The van der Waals surface area contributed by atoms with Crippen LogP contribution in [0.2, 0.25) is 0 Å². The fourth-order valence-electron chi connectivity index (χ4n) is 4.41. The maximum absolute atomic E-state index is 6.92. The average Bonchev–Trinajstić information content (AvgIpc) is 3.15. The molecule has 0 N–H and O–H groups in total. The first-order valence-electron chi connectivity index (χ1n) is 11.4. The summed E-state index contributed by atoms with van der Waals surface area (Å²) in [5, 5.41) is 0. The molecule has 1 aliphatic rings. The predicted octanol–water partition coefficient (Wildman–Crippen LogP) is 5.97. The molecule has 0 spiro atoms. The third-order valence-corrected chi connectivity index (χ3v) is 6.18. The first-order valence-corrected chi connectivity index (χ1v) is 11.4. The quantitative estimate of drug-likeness (QED) is 0.411. The van der Waals surface area contributed by atoms with E-state index in [1.807, 2.05) is 30.3 Å². The van der Waals surface area contributed by atoms with Crippen molar-refractivity contribution in [2.75, 3.05) is 27.4 Å². The van der Waals surface area contributed by atoms with Crippen LogP contribution < -0.4 is 9.47 Å². The number of benzene rings is 3. The molecule has 0 aromatic heterocycles. The zero-order chi connectivity index (χ0) is 22.2. The van der Waals surface area contributed by atoms with Crippen molar-refractivity contribution in [3.63, 3.8) is 0 Å². The molecule has 0 radical (unpaired) electrons. The molecule has 0 amide bonds. The van der Waals surface area contributed by atoms with Crippen molar-refractivity contribution >= 4 is 0 Å². The second-order valence-electron chi connectivity index (χ2n) is 8.16. The lowest BCUT2D eigenvalue weighted by Crippen LogP contribution is -2.36. The molecule has 1 aliphatic heterocycles. The van der Waals surface area contributed by atoms with Crippen LogP contribution in [-0.2, 0) is 15.1 Å². The Morgan fingerprint density at radius 1 is 0.719 bits per heavy atom. The first kappa shape index (κ1) is 22.4. The Morgan fingerprint density at radius 2 is 1.28 bits per heavy atom. The largest absolute Gasteiger partial charge is 0.497 e. The zero-order valence-corrected chi connectivity index (χ0v) is 19.0. The van der Waals surface area contributed by atoms with Gasteiger partial charge in [-0.15, -0.1) is 0 Å². The van der Waals surface area contributed by atoms with E-state index in [1.54, 1.807) is 14.2 Å². The molecule has 0 aliphatic carbocycles. The molecule has 168 valence electrons. The Hall–Kier alpha value is -2.82. The van der Waals surface area contributed by atoms with Gasteiger partial charge < -0.3 is 18.9 Å². The molecule has 1 fully saturated rings. The van der Waals surface area contributed by atoms with E-state index in [0.29, 0.717) is 6.61 Å². The van der Waals surface area contributed by atoms with Crippen LogP contribution >= 0.6 is 0 Å². The summed E-state index contributed by atoms with van der Waals surface area (Å²) in [5.41, 5.74) is 2.38. The number of hydrogen-bond acceptors (Lipinski definition) is 4. The summed E-state index contributed by atoms with van der Waals surface area (Å²) in [4.78, 5) is 0. The fraction of sp³-hybridized carbons (Fsp3) is 0.357. The lowest BCUT2D eigenvalue weighted by molar-refractivity contribution is -0.0632. The third kappa shape index (κ3) is 4.82. The maximum Gasteiger partial charge on any atom is 0.143 e. The Labute approximate surface area is 191 Å². The van der Waals surface area contributed by atoms with Crippen molar-refractivity contribution in [3.8, 4) is 11.5 Å². The van der Waals surface area contributed by atoms with Crippen molar-refractivity contribution in [3.05, 3.63) is 95.6 Å². The van der Waals surface area contributed by atoms with Gasteiger partial charge in [-0.25, -0.2) is 0 Å². The zero-order valence-electron chi connectivity index (χ0n) is 19.0. The molecule has 1 atom stereocenters. The molecule has 4 rings (SSSR count). The molecule has 32 heavy (non-hydrogen) atoms. The lowest BCUT2D eigenvalue weighted by Gasteiger charge is -2.37. The van der Waals surface area contributed by atoms with E-state index in [4.69, 9.17) is 18.9 Å². The standard InChI is InChI=1S/C28H32O4/c1-29-25-16-12-23(13-17-25)28(22-9-5-3-6-10-22,24-14-18-26(30-2)19-15-24)32-21-27-11-7-4-8-20-31-27/h3,5-6,9-10,12-19,27H,4,7-8,11,20-21H2,1-2H3/t27-/m0/s1. The molecule has 3 aromatic carbocycles. The third-order valence-electron chi connectivity index (χ3n) is 6.18. The van der Waals surface area contributed by atoms with Crippen molar-refractivity contribution < 1.29 is 18.9 Å². The van der Waals surface area contributed by atoms with Gasteiger partial charge in [0, 0.05) is 6.61 Å². The molecule has 1 saturated heterocycles. The first-order chi connectivity index (χ1) is 15.8. The molecule has 0 saturated carbocycles. The highest BCUT2D eigenvalue weighted by molar-refractivity contribution is 5.49. The molecule has 4 heteroatoms. The van der Waals surface area contributed by atoms with E-state index in [1.165, 1.54) is 12.8 Å². The van der Waals surface area contributed by atoms with Gasteiger partial charge in [-0.05, 0) is 53.8 Å². The Balaban J connectivity index is 1.81. The highest BCUT2D eigenvalue weighted by Gasteiger charge is 2.38. The van der Waals surface area contributed by atoms with Crippen molar-refractivity contribution in [1.82, 2.24) is 0 Å². The van der Waals surface area contributed by atoms with E-state index in [-0.39, 0.29) is 6.10 Å². The van der Waals surface area contributed by atoms with Crippen molar-refractivity contribution in [2.24, 2.45) is 0 Å². The topological polar surface area (TPSA) is 36.9 Å². The molecule has 0 unspecified atom stereocenters. The van der Waals surface area contributed by atoms with Crippen molar-refractivity contribution in [2.45, 2.75) is 37.4 Å². The highest BCUT2D eigenvalue weighted by Crippen LogP contribution is 2.42. The van der Waals surface area contributed by atoms with Crippen LogP contribution in [0.5, 0.6) is 11.5 Å². The molecule has 0 bridgehead atoms. The van der Waals surface area contributed by atoms with Gasteiger partial charge in [-0.1, -0.05) is 67.4 Å². The SMILES string of the molecule is COc1ccc(C(OC[C@@H]2CCCCCO2)(c2ccccc2)c2ccc(OC)cc2)cc1. The van der Waals surface area contributed by atoms with E-state index >= 15 is 0 Å². The van der Waals surface area contributed by atoms with Gasteiger partial charge in [0.15, 0.2) is 0 Å². The summed E-state index contributed by atoms with van der Waals surface area (Å²) in [6.45, 7) is 1.32. The van der Waals surface area contributed by atoms with Crippen LogP contribution in [-0.4, -0.2) is 33.5 Å². The van der Waals surface area contributed by atoms with Crippen LogP contribution in [0.4, 0.5) is 0 Å². The fourth-order valence-corrected chi connectivity index (χ4v) is 4.41. The van der Waals surface area contributed by atoms with Crippen LogP contribution in [0.3, 0.4) is 0 Å². The number of rotatable bonds is 8. The average molecular weight is 433 g/mol. The smallest absolute Gasteiger partial charge is 0.143 e. The molecule has 4 nitrogen and oxygen atoms in total. The molecular weight excluding hydrogens is 400 g/mol. The Kier molecular flexibility index (Phi) is 7.46. The van der Waals surface area contributed by atoms with Gasteiger partial charge >= 0.3 is 0 Å². The van der Waals surface area contributed by atoms with Gasteiger partial charge in [0.2, 0.25) is 0 Å². The van der Waals surface area contributed by atoms with Crippen LogP contribution in [0.1, 0.15) is 42.4 Å². The van der Waals surface area contributed by atoms with E-state index < -0.39 is 5.60 Å². The number of hydrogen-bond donors (Lipinski definition) is 0. The van der Waals surface area contributed by atoms with Gasteiger partial charge in [-0.2, -0.15) is 0 Å². The van der Waals surface area contributed by atoms with Crippen LogP contribution in [0, 0.1) is 0 Å². The summed E-state index contributed by atoms with van der Waals surface area (Å²) in [7, 11) is 3.37. The molecule has 3 aromatic rings. The lowest BCUT2D eigenvalue weighted by atomic mass is 9.80. The van der Waals surface area contributed by atoms with E-state index in [2.05, 4.69) is 48.5 Å². The van der Waals surface area contributed by atoms with E-state index in [9.17, 15) is 0 Å². The monoisotopic (exact) mass is 432 g/mol. The number of ether oxygens (including phenoxy) is 4. The van der Waals surface area contributed by atoms with Gasteiger partial charge in [0.25, 0.3) is 0 Å². The minimum Gasteiger partial charge on any atom is -0.497 e. The second kappa shape index (κ2) is 10.7. The van der Waals surface area contributed by atoms with Crippen molar-refractivity contribution in [1.29, 1.82) is 0 Å². The van der Waals surface area contributed by atoms with Gasteiger partial charge in [0.05, 0.1) is 26.9 Å². The summed E-state index contributed by atoms with van der Waals surface area (Å²) in [6, 6.07) is 26.7.